The largest absolute Gasteiger partial charge is 0.490 e. The van der Waals surface area contributed by atoms with Crippen molar-refractivity contribution in [1.82, 2.24) is 9.78 Å². The minimum Gasteiger partial charge on any atom is -0.490 e. The number of ether oxygens (including phenoxy) is 1. The van der Waals surface area contributed by atoms with Gasteiger partial charge in [-0.15, -0.1) is 0 Å². The van der Waals surface area contributed by atoms with Gasteiger partial charge in [-0.05, 0) is 55.5 Å². The van der Waals surface area contributed by atoms with Gasteiger partial charge in [-0.1, -0.05) is 0 Å². The molecule has 0 bridgehead atoms. The fraction of sp³-hybridized carbons (Fsp3) is 0.158. The molecule has 28 heavy (non-hydrogen) atoms. The molecule has 0 saturated carbocycles. The second kappa shape index (κ2) is 7.71. The molecular formula is C19H15F4N3O2. The lowest BCUT2D eigenvalue weighted by atomic mass is 10.2. The highest BCUT2D eigenvalue weighted by atomic mass is 19.4. The van der Waals surface area contributed by atoms with E-state index >= 15 is 0 Å². The van der Waals surface area contributed by atoms with Crippen LogP contribution in [0.5, 0.6) is 5.75 Å². The lowest BCUT2D eigenvalue weighted by molar-refractivity contribution is -0.137. The molecule has 0 aliphatic rings. The molecule has 0 atom stereocenters. The second-order valence-corrected chi connectivity index (χ2v) is 5.73. The first kappa shape index (κ1) is 19.4. The van der Waals surface area contributed by atoms with E-state index in [0.29, 0.717) is 5.69 Å². The number of nitrogens with one attached hydrogen (secondary N) is 1. The number of benzene rings is 2. The Morgan fingerprint density at radius 3 is 2.32 bits per heavy atom. The van der Waals surface area contributed by atoms with Crippen molar-refractivity contribution in [3.8, 4) is 11.4 Å². The molecule has 2 aromatic carbocycles. The standard InChI is InChI=1S/C19H15F4N3O2/c1-2-28-16-11-26(15-9-5-13(20)6-10-15)25-17(16)18(27)24-14-7-3-12(4-8-14)19(21,22)23/h3-11H,2H2,1H3,(H,24,27). The van der Waals surface area contributed by atoms with Gasteiger partial charge in [0.05, 0.1) is 24.1 Å². The van der Waals surface area contributed by atoms with Crippen molar-refractivity contribution in [1.29, 1.82) is 0 Å². The number of halogens is 4. The number of hydrogen-bond acceptors (Lipinski definition) is 3. The van der Waals surface area contributed by atoms with Crippen LogP contribution in [0.2, 0.25) is 0 Å². The summed E-state index contributed by atoms with van der Waals surface area (Å²) in [5.74, 6) is -0.874. The Kier molecular flexibility index (Phi) is 5.34. The molecule has 3 rings (SSSR count). The van der Waals surface area contributed by atoms with Gasteiger partial charge in [-0.3, -0.25) is 4.79 Å². The summed E-state index contributed by atoms with van der Waals surface area (Å²) in [5, 5.41) is 6.65. The van der Waals surface area contributed by atoms with Crippen LogP contribution in [0, 0.1) is 5.82 Å². The Morgan fingerprint density at radius 1 is 1.11 bits per heavy atom. The maximum Gasteiger partial charge on any atom is 0.416 e. The zero-order valence-electron chi connectivity index (χ0n) is 14.6. The number of alkyl halides is 3. The number of carbonyl (C=O) groups is 1. The summed E-state index contributed by atoms with van der Waals surface area (Å²) in [6, 6.07) is 9.51. The molecular weight excluding hydrogens is 378 g/mol. The van der Waals surface area contributed by atoms with E-state index in [1.165, 1.54) is 35.1 Å². The highest BCUT2D eigenvalue weighted by Gasteiger charge is 2.30. The van der Waals surface area contributed by atoms with Crippen molar-refractivity contribution < 1.29 is 27.1 Å². The second-order valence-electron chi connectivity index (χ2n) is 5.73. The van der Waals surface area contributed by atoms with E-state index in [4.69, 9.17) is 4.74 Å². The third-order valence-electron chi connectivity index (χ3n) is 3.76. The molecule has 5 nitrogen and oxygen atoms in total. The Hall–Kier alpha value is -3.36. The van der Waals surface area contributed by atoms with Crippen LogP contribution in [0.3, 0.4) is 0 Å². The number of anilines is 1. The van der Waals surface area contributed by atoms with Crippen molar-refractivity contribution in [3.63, 3.8) is 0 Å². The van der Waals surface area contributed by atoms with Crippen LogP contribution in [0.15, 0.2) is 54.7 Å². The van der Waals surface area contributed by atoms with Gasteiger partial charge < -0.3 is 10.1 Å². The van der Waals surface area contributed by atoms with Gasteiger partial charge in [-0.25, -0.2) is 9.07 Å². The normalized spacial score (nSPS) is 11.3. The van der Waals surface area contributed by atoms with Crippen molar-refractivity contribution >= 4 is 11.6 Å². The molecule has 0 aliphatic heterocycles. The van der Waals surface area contributed by atoms with Gasteiger partial charge in [-0.2, -0.15) is 18.3 Å². The first-order valence-electron chi connectivity index (χ1n) is 8.25. The fourth-order valence-electron chi connectivity index (χ4n) is 2.44. The molecule has 1 aromatic heterocycles. The number of amides is 1. The monoisotopic (exact) mass is 393 g/mol. The van der Waals surface area contributed by atoms with E-state index < -0.39 is 23.5 Å². The van der Waals surface area contributed by atoms with Crippen molar-refractivity contribution in [2.75, 3.05) is 11.9 Å². The summed E-state index contributed by atoms with van der Waals surface area (Å²) < 4.78 is 57.8. The fourth-order valence-corrected chi connectivity index (χ4v) is 2.44. The van der Waals surface area contributed by atoms with Gasteiger partial charge in [0.2, 0.25) is 0 Å². The van der Waals surface area contributed by atoms with E-state index in [0.717, 1.165) is 24.3 Å². The maximum atomic E-state index is 13.1. The number of nitrogens with zero attached hydrogens (tertiary/aromatic N) is 2. The van der Waals surface area contributed by atoms with E-state index in [9.17, 15) is 22.4 Å². The maximum absolute atomic E-state index is 13.1. The highest BCUT2D eigenvalue weighted by molar-refractivity contribution is 6.04. The first-order chi connectivity index (χ1) is 13.3. The van der Waals surface area contributed by atoms with Crippen molar-refractivity contribution in [2.45, 2.75) is 13.1 Å². The molecule has 1 heterocycles. The molecule has 0 spiro atoms. The third kappa shape index (κ3) is 4.30. The van der Waals surface area contributed by atoms with Gasteiger partial charge in [0.15, 0.2) is 11.4 Å². The van der Waals surface area contributed by atoms with Crippen LogP contribution in [0.1, 0.15) is 23.0 Å². The number of hydrogen-bond donors (Lipinski definition) is 1. The molecule has 3 aromatic rings. The smallest absolute Gasteiger partial charge is 0.416 e. The summed E-state index contributed by atoms with van der Waals surface area (Å²) >= 11 is 0. The molecule has 9 heteroatoms. The Balaban J connectivity index is 1.85. The SMILES string of the molecule is CCOc1cn(-c2ccc(F)cc2)nc1C(=O)Nc1ccc(C(F)(F)F)cc1. The Labute approximate surface area is 157 Å². The van der Waals surface area contributed by atoms with Crippen LogP contribution in [0.4, 0.5) is 23.2 Å². The average molecular weight is 393 g/mol. The third-order valence-corrected chi connectivity index (χ3v) is 3.76. The molecule has 1 N–H and O–H groups in total. The van der Waals surface area contributed by atoms with Crippen LogP contribution < -0.4 is 10.1 Å². The summed E-state index contributed by atoms with van der Waals surface area (Å²) in [4.78, 5) is 12.5. The highest BCUT2D eigenvalue weighted by Crippen LogP contribution is 2.30. The van der Waals surface area contributed by atoms with Gasteiger partial charge in [0, 0.05) is 5.69 Å². The molecule has 0 aliphatic carbocycles. The predicted molar refractivity (Wildman–Crippen MR) is 94.1 cm³/mol. The minimum absolute atomic E-state index is 0.0499. The van der Waals surface area contributed by atoms with E-state index in [1.807, 2.05) is 0 Å². The van der Waals surface area contributed by atoms with Crippen LogP contribution in [-0.4, -0.2) is 22.3 Å². The molecule has 0 unspecified atom stereocenters. The molecule has 0 saturated heterocycles. The average Bonchev–Trinajstić information content (AvgIpc) is 3.06. The molecule has 0 fully saturated rings. The number of carbonyl (C=O) groups excluding carboxylic acids is 1. The lowest BCUT2D eigenvalue weighted by Gasteiger charge is -2.08. The van der Waals surface area contributed by atoms with E-state index in [2.05, 4.69) is 10.4 Å². The van der Waals surface area contributed by atoms with Gasteiger partial charge >= 0.3 is 6.18 Å². The summed E-state index contributed by atoms with van der Waals surface area (Å²) in [6.45, 7) is 2.00. The quantitative estimate of drug-likeness (QED) is 0.641. The lowest BCUT2D eigenvalue weighted by Crippen LogP contribution is -2.15. The summed E-state index contributed by atoms with van der Waals surface area (Å²) in [5.41, 5.74) is -0.181. The minimum atomic E-state index is -4.46. The Morgan fingerprint density at radius 2 is 1.75 bits per heavy atom. The van der Waals surface area contributed by atoms with Crippen molar-refractivity contribution in [3.05, 3.63) is 71.8 Å². The topological polar surface area (TPSA) is 56.2 Å². The summed E-state index contributed by atoms with van der Waals surface area (Å²) in [6.07, 6.45) is -2.99. The molecule has 146 valence electrons. The van der Waals surface area contributed by atoms with E-state index in [1.54, 1.807) is 6.92 Å². The number of aromatic nitrogens is 2. The zero-order valence-corrected chi connectivity index (χ0v) is 14.6. The predicted octanol–water partition coefficient (Wildman–Crippen LogP) is 4.68. The molecule has 0 radical (unpaired) electrons. The van der Waals surface area contributed by atoms with Crippen LogP contribution in [-0.2, 0) is 6.18 Å². The van der Waals surface area contributed by atoms with Gasteiger partial charge in [0.25, 0.3) is 5.91 Å². The van der Waals surface area contributed by atoms with Gasteiger partial charge in [0.1, 0.15) is 5.82 Å². The first-order valence-corrected chi connectivity index (χ1v) is 8.25. The van der Waals surface area contributed by atoms with Crippen molar-refractivity contribution in [2.24, 2.45) is 0 Å². The van der Waals surface area contributed by atoms with E-state index in [-0.39, 0.29) is 23.7 Å². The Bertz CT molecular complexity index is 964. The number of rotatable bonds is 5. The van der Waals surface area contributed by atoms with Crippen LogP contribution in [0.25, 0.3) is 5.69 Å². The van der Waals surface area contributed by atoms with Crippen LogP contribution >= 0.6 is 0 Å². The summed E-state index contributed by atoms with van der Waals surface area (Å²) in [7, 11) is 0. The molecule has 1 amide bonds. The zero-order chi connectivity index (χ0) is 20.3.